The fourth-order valence-electron chi connectivity index (χ4n) is 2.12. The Hall–Kier alpha value is 0.210. The molecule has 0 aromatic carbocycles. The molecule has 0 bridgehead atoms. The summed E-state index contributed by atoms with van der Waals surface area (Å²) in [5, 5.41) is 3.77. The van der Waals surface area contributed by atoms with E-state index < -0.39 is 0 Å². The van der Waals surface area contributed by atoms with Crippen LogP contribution in [0.2, 0.25) is 0 Å². The third-order valence-corrected chi connectivity index (χ3v) is 3.08. The Morgan fingerprint density at radius 2 is 2.27 bits per heavy atom. The summed E-state index contributed by atoms with van der Waals surface area (Å²) in [4.78, 5) is 0. The maximum absolute atomic E-state index is 5.93. The van der Waals surface area contributed by atoms with Crippen molar-refractivity contribution in [2.75, 3.05) is 13.2 Å². The summed E-state index contributed by atoms with van der Waals surface area (Å²) in [6.45, 7) is 6.31. The highest BCUT2D eigenvalue weighted by molar-refractivity contribution is 6.20. The summed E-state index contributed by atoms with van der Waals surface area (Å²) >= 11 is 5.93. The smallest absolute Gasteiger partial charge is 0.0576 e. The largest absolute Gasteiger partial charge is 0.378 e. The van der Waals surface area contributed by atoms with E-state index in [1.807, 2.05) is 6.92 Å². The van der Waals surface area contributed by atoms with Gasteiger partial charge in [0.25, 0.3) is 0 Å². The number of rotatable bonds is 7. The summed E-state index contributed by atoms with van der Waals surface area (Å²) in [7, 11) is 0. The van der Waals surface area contributed by atoms with Gasteiger partial charge in [-0.15, -0.1) is 11.6 Å². The van der Waals surface area contributed by atoms with Gasteiger partial charge in [-0.1, -0.05) is 0 Å². The van der Waals surface area contributed by atoms with E-state index >= 15 is 0 Å². The van der Waals surface area contributed by atoms with E-state index in [9.17, 15) is 0 Å². The van der Waals surface area contributed by atoms with E-state index in [0.29, 0.717) is 12.1 Å². The Balaban J connectivity index is 1.91. The maximum Gasteiger partial charge on any atom is 0.0576 e. The molecular weight excluding hydrogens is 210 g/mol. The molecule has 15 heavy (non-hydrogen) atoms. The molecule has 0 spiro atoms. The van der Waals surface area contributed by atoms with Crippen molar-refractivity contribution in [3.05, 3.63) is 0 Å². The van der Waals surface area contributed by atoms with Crippen LogP contribution in [0.25, 0.3) is 0 Å². The second-order valence-corrected chi connectivity index (χ2v) is 5.39. The van der Waals surface area contributed by atoms with Gasteiger partial charge in [0.05, 0.1) is 6.10 Å². The topological polar surface area (TPSA) is 21.3 Å². The lowest BCUT2D eigenvalue weighted by molar-refractivity contribution is 0.102. The van der Waals surface area contributed by atoms with Crippen molar-refractivity contribution < 1.29 is 4.74 Å². The number of alkyl halides is 1. The molecule has 0 radical (unpaired) electrons. The molecule has 0 amide bonds. The Morgan fingerprint density at radius 3 is 2.87 bits per heavy atom. The molecule has 1 aliphatic rings. The van der Waals surface area contributed by atoms with Crippen LogP contribution >= 0.6 is 11.6 Å². The predicted octanol–water partition coefficient (Wildman–Crippen LogP) is 2.94. The minimum Gasteiger partial charge on any atom is -0.378 e. The van der Waals surface area contributed by atoms with Crippen molar-refractivity contribution >= 4 is 11.6 Å². The van der Waals surface area contributed by atoms with Gasteiger partial charge in [-0.25, -0.2) is 0 Å². The minimum atomic E-state index is 0.269. The molecule has 90 valence electrons. The van der Waals surface area contributed by atoms with Gasteiger partial charge >= 0.3 is 0 Å². The van der Waals surface area contributed by atoms with Crippen LogP contribution in [-0.4, -0.2) is 30.7 Å². The molecule has 1 fully saturated rings. The fourth-order valence-corrected chi connectivity index (χ4v) is 2.39. The SMILES string of the molecule is CC(Cl)CC(C)NCCCC1CCCO1. The summed E-state index contributed by atoms with van der Waals surface area (Å²) in [5.74, 6) is 0. The molecule has 0 aromatic heterocycles. The first-order valence-corrected chi connectivity index (χ1v) is 6.61. The van der Waals surface area contributed by atoms with Crippen molar-refractivity contribution in [3.63, 3.8) is 0 Å². The average Bonchev–Trinajstić information content (AvgIpc) is 2.63. The quantitative estimate of drug-likeness (QED) is 0.539. The van der Waals surface area contributed by atoms with Crippen LogP contribution in [0, 0.1) is 0 Å². The lowest BCUT2D eigenvalue weighted by atomic mass is 10.1. The van der Waals surface area contributed by atoms with Gasteiger partial charge in [-0.2, -0.15) is 0 Å². The molecule has 0 aromatic rings. The van der Waals surface area contributed by atoms with Crippen LogP contribution in [0.3, 0.4) is 0 Å². The molecule has 3 unspecified atom stereocenters. The highest BCUT2D eigenvalue weighted by Gasteiger charge is 2.14. The highest BCUT2D eigenvalue weighted by atomic mass is 35.5. The van der Waals surface area contributed by atoms with Crippen LogP contribution in [0.1, 0.15) is 46.0 Å². The standard InChI is InChI=1S/C12H24ClNO/c1-10(13)9-11(2)14-7-3-5-12-6-4-8-15-12/h10-12,14H,3-9H2,1-2H3. The molecule has 1 heterocycles. The average molecular weight is 234 g/mol. The zero-order valence-corrected chi connectivity index (χ0v) is 10.7. The fraction of sp³-hybridized carbons (Fsp3) is 1.00. The zero-order chi connectivity index (χ0) is 11.1. The van der Waals surface area contributed by atoms with Gasteiger partial charge in [0.1, 0.15) is 0 Å². The van der Waals surface area contributed by atoms with E-state index in [-0.39, 0.29) is 5.38 Å². The predicted molar refractivity (Wildman–Crippen MR) is 65.6 cm³/mol. The normalized spacial score (nSPS) is 25.4. The molecule has 1 N–H and O–H groups in total. The monoisotopic (exact) mass is 233 g/mol. The number of halogens is 1. The van der Waals surface area contributed by atoms with Crippen molar-refractivity contribution in [3.8, 4) is 0 Å². The summed E-state index contributed by atoms with van der Waals surface area (Å²) in [6.07, 6.45) is 6.50. The van der Waals surface area contributed by atoms with Gasteiger partial charge in [-0.05, 0) is 52.5 Å². The second kappa shape index (κ2) is 7.48. The number of hydrogen-bond donors (Lipinski definition) is 1. The zero-order valence-electron chi connectivity index (χ0n) is 9.97. The molecule has 0 aliphatic carbocycles. The van der Waals surface area contributed by atoms with E-state index in [1.165, 1.54) is 25.7 Å². The van der Waals surface area contributed by atoms with E-state index in [1.54, 1.807) is 0 Å². The molecule has 3 heteroatoms. The number of nitrogens with one attached hydrogen (secondary N) is 1. The van der Waals surface area contributed by atoms with Crippen LogP contribution in [0.15, 0.2) is 0 Å². The summed E-state index contributed by atoms with van der Waals surface area (Å²) in [5.41, 5.74) is 0. The molecule has 0 saturated carbocycles. The molecule has 2 nitrogen and oxygen atoms in total. The van der Waals surface area contributed by atoms with Crippen molar-refractivity contribution in [2.45, 2.75) is 63.5 Å². The van der Waals surface area contributed by atoms with E-state index in [0.717, 1.165) is 19.6 Å². The van der Waals surface area contributed by atoms with Crippen molar-refractivity contribution in [2.24, 2.45) is 0 Å². The Bertz CT molecular complexity index is 158. The minimum absolute atomic E-state index is 0.269. The van der Waals surface area contributed by atoms with Crippen LogP contribution in [-0.2, 0) is 4.74 Å². The van der Waals surface area contributed by atoms with Crippen molar-refractivity contribution in [1.82, 2.24) is 5.32 Å². The highest BCUT2D eigenvalue weighted by Crippen LogP contribution is 2.16. The summed E-state index contributed by atoms with van der Waals surface area (Å²) in [6, 6.07) is 0.530. The van der Waals surface area contributed by atoms with Gasteiger partial charge in [0.2, 0.25) is 0 Å². The molecule has 1 aliphatic heterocycles. The van der Waals surface area contributed by atoms with E-state index in [2.05, 4.69) is 12.2 Å². The Kier molecular flexibility index (Phi) is 6.62. The molecular formula is C12H24ClNO. The second-order valence-electron chi connectivity index (χ2n) is 4.65. The first kappa shape index (κ1) is 13.3. The molecule has 1 rings (SSSR count). The number of ether oxygens (including phenoxy) is 1. The van der Waals surface area contributed by atoms with Crippen LogP contribution in [0.4, 0.5) is 0 Å². The molecule has 1 saturated heterocycles. The van der Waals surface area contributed by atoms with Gasteiger partial charge in [-0.3, -0.25) is 0 Å². The summed E-state index contributed by atoms with van der Waals surface area (Å²) < 4.78 is 5.58. The van der Waals surface area contributed by atoms with Crippen LogP contribution < -0.4 is 5.32 Å². The lowest BCUT2D eigenvalue weighted by Gasteiger charge is -2.15. The lowest BCUT2D eigenvalue weighted by Crippen LogP contribution is -2.29. The van der Waals surface area contributed by atoms with Gasteiger partial charge in [0.15, 0.2) is 0 Å². The first-order valence-electron chi connectivity index (χ1n) is 6.17. The van der Waals surface area contributed by atoms with Gasteiger partial charge < -0.3 is 10.1 Å². The Morgan fingerprint density at radius 1 is 1.47 bits per heavy atom. The third kappa shape index (κ3) is 6.39. The number of hydrogen-bond acceptors (Lipinski definition) is 2. The molecule has 3 atom stereocenters. The van der Waals surface area contributed by atoms with Gasteiger partial charge in [0, 0.05) is 18.0 Å². The maximum atomic E-state index is 5.93. The first-order chi connectivity index (χ1) is 7.18. The van der Waals surface area contributed by atoms with Crippen molar-refractivity contribution in [1.29, 1.82) is 0 Å². The van der Waals surface area contributed by atoms with E-state index in [4.69, 9.17) is 16.3 Å². The third-order valence-electron chi connectivity index (χ3n) is 2.90. The Labute approximate surface area is 98.7 Å². The van der Waals surface area contributed by atoms with Crippen LogP contribution in [0.5, 0.6) is 0 Å².